The van der Waals surface area contributed by atoms with Crippen LogP contribution in [0.1, 0.15) is 29.7 Å². The third kappa shape index (κ3) is 5.07. The van der Waals surface area contributed by atoms with Crippen LogP contribution in [-0.2, 0) is 22.0 Å². The standard InChI is InChI=1S/C24H24N6O4S2/c1-15-13-35-24(27-15)23-29-28-21(30(23)22-19(33-3)6-5-7-20(22)34-4)14-36(31,32)16(2)10-18-9-8-17(11-25)12-26-18/h5-9,12-13,16H,10,14H2,1-4H3/t16-/m1/s1. The molecule has 1 atom stereocenters. The topological polar surface area (TPSA) is 133 Å². The largest absolute Gasteiger partial charge is 0.494 e. The maximum atomic E-state index is 13.4. The second-order valence-corrected chi connectivity index (χ2v) is 11.3. The number of hydrogen-bond acceptors (Lipinski definition) is 10. The summed E-state index contributed by atoms with van der Waals surface area (Å²) in [6, 6.07) is 10.6. The monoisotopic (exact) mass is 524 g/mol. The predicted molar refractivity (Wildman–Crippen MR) is 135 cm³/mol. The van der Waals surface area contributed by atoms with Gasteiger partial charge >= 0.3 is 0 Å². The summed E-state index contributed by atoms with van der Waals surface area (Å²) >= 11 is 1.38. The average Bonchev–Trinajstić information content (AvgIpc) is 3.49. The van der Waals surface area contributed by atoms with Crippen molar-refractivity contribution in [3.63, 3.8) is 0 Å². The lowest BCUT2D eigenvalue weighted by atomic mass is 10.2. The lowest BCUT2D eigenvalue weighted by Crippen LogP contribution is -2.24. The number of nitriles is 1. The highest BCUT2D eigenvalue weighted by molar-refractivity contribution is 7.91. The number of benzene rings is 1. The third-order valence-electron chi connectivity index (χ3n) is 5.56. The Morgan fingerprint density at radius 3 is 2.42 bits per heavy atom. The Morgan fingerprint density at radius 2 is 1.86 bits per heavy atom. The van der Waals surface area contributed by atoms with E-state index in [2.05, 4.69) is 20.2 Å². The molecule has 0 unspecified atom stereocenters. The normalized spacial score (nSPS) is 12.2. The molecule has 186 valence electrons. The highest BCUT2D eigenvalue weighted by Gasteiger charge is 2.29. The first-order chi connectivity index (χ1) is 17.3. The third-order valence-corrected chi connectivity index (χ3v) is 8.57. The number of ether oxygens (including phenoxy) is 2. The van der Waals surface area contributed by atoms with Crippen molar-refractivity contribution in [1.82, 2.24) is 24.7 Å². The maximum Gasteiger partial charge on any atom is 0.197 e. The number of pyridine rings is 1. The number of aryl methyl sites for hydroxylation is 1. The number of para-hydroxylation sites is 1. The molecule has 0 amide bonds. The molecule has 0 spiro atoms. The molecule has 1 aromatic carbocycles. The zero-order valence-corrected chi connectivity index (χ0v) is 21.8. The molecule has 3 heterocycles. The van der Waals surface area contributed by atoms with E-state index in [1.54, 1.807) is 41.8 Å². The van der Waals surface area contributed by atoms with E-state index in [1.165, 1.54) is 31.8 Å². The van der Waals surface area contributed by atoms with Crippen LogP contribution >= 0.6 is 11.3 Å². The molecule has 0 aliphatic carbocycles. The molecule has 0 aliphatic rings. The number of methoxy groups -OCH3 is 2. The van der Waals surface area contributed by atoms with Crippen LogP contribution in [0.15, 0.2) is 41.9 Å². The van der Waals surface area contributed by atoms with Gasteiger partial charge in [0.15, 0.2) is 26.5 Å². The molecule has 36 heavy (non-hydrogen) atoms. The fraction of sp³-hybridized carbons (Fsp3) is 0.292. The number of aromatic nitrogens is 5. The highest BCUT2D eigenvalue weighted by atomic mass is 32.2. The van der Waals surface area contributed by atoms with E-state index in [0.29, 0.717) is 39.3 Å². The molecule has 12 heteroatoms. The van der Waals surface area contributed by atoms with Gasteiger partial charge in [0.05, 0.1) is 25.0 Å². The van der Waals surface area contributed by atoms with Crippen molar-refractivity contribution in [1.29, 1.82) is 5.26 Å². The number of nitrogens with zero attached hydrogens (tertiary/aromatic N) is 6. The molecule has 4 aromatic rings. The van der Waals surface area contributed by atoms with Crippen molar-refractivity contribution >= 4 is 21.2 Å². The summed E-state index contributed by atoms with van der Waals surface area (Å²) in [4.78, 5) is 8.73. The van der Waals surface area contributed by atoms with Crippen LogP contribution in [0, 0.1) is 18.3 Å². The van der Waals surface area contributed by atoms with Gasteiger partial charge in [0.2, 0.25) is 0 Å². The molecule has 4 rings (SSSR count). The Morgan fingerprint density at radius 1 is 1.14 bits per heavy atom. The van der Waals surface area contributed by atoms with Crippen molar-refractivity contribution in [2.24, 2.45) is 0 Å². The summed E-state index contributed by atoms with van der Waals surface area (Å²) in [5.41, 5.74) is 2.30. The second-order valence-electron chi connectivity index (χ2n) is 8.05. The summed E-state index contributed by atoms with van der Waals surface area (Å²) in [5, 5.41) is 19.3. The SMILES string of the molecule is COc1cccc(OC)c1-n1c(CS(=O)(=O)[C@H](C)Cc2ccc(C#N)cn2)nnc1-c1nc(C)cs1. The van der Waals surface area contributed by atoms with Crippen LogP contribution in [0.25, 0.3) is 16.5 Å². The molecule has 0 aliphatic heterocycles. The summed E-state index contributed by atoms with van der Waals surface area (Å²) in [5.74, 6) is 1.17. The van der Waals surface area contributed by atoms with Crippen molar-refractivity contribution in [3.8, 4) is 34.1 Å². The first kappa shape index (κ1) is 25.3. The van der Waals surface area contributed by atoms with E-state index in [4.69, 9.17) is 14.7 Å². The molecular weight excluding hydrogens is 500 g/mol. The Hall–Kier alpha value is -3.82. The van der Waals surface area contributed by atoms with Gasteiger partial charge in [-0.15, -0.1) is 21.5 Å². The zero-order chi connectivity index (χ0) is 25.9. The van der Waals surface area contributed by atoms with Gasteiger partial charge in [-0.25, -0.2) is 13.4 Å². The fourth-order valence-electron chi connectivity index (χ4n) is 3.65. The number of thiazole rings is 1. The van der Waals surface area contributed by atoms with E-state index in [9.17, 15) is 8.42 Å². The molecule has 10 nitrogen and oxygen atoms in total. The minimum Gasteiger partial charge on any atom is -0.494 e. The number of sulfone groups is 1. The molecule has 0 radical (unpaired) electrons. The van der Waals surface area contributed by atoms with Gasteiger partial charge in [0, 0.05) is 29.4 Å². The van der Waals surface area contributed by atoms with Crippen LogP contribution < -0.4 is 9.47 Å². The van der Waals surface area contributed by atoms with Crippen LogP contribution in [0.2, 0.25) is 0 Å². The van der Waals surface area contributed by atoms with Gasteiger partial charge in [-0.1, -0.05) is 6.07 Å². The minimum atomic E-state index is -3.69. The van der Waals surface area contributed by atoms with Crippen molar-refractivity contribution in [2.45, 2.75) is 31.3 Å². The van der Waals surface area contributed by atoms with Crippen LogP contribution in [0.5, 0.6) is 11.5 Å². The van der Waals surface area contributed by atoms with Crippen LogP contribution in [-0.4, -0.2) is 52.6 Å². The molecule has 3 aromatic heterocycles. The molecule has 0 saturated carbocycles. The van der Waals surface area contributed by atoms with E-state index in [1.807, 2.05) is 18.4 Å². The molecule has 0 N–H and O–H groups in total. The predicted octanol–water partition coefficient (Wildman–Crippen LogP) is 3.53. The Labute approximate surface area is 213 Å². The first-order valence-corrected chi connectivity index (χ1v) is 13.5. The molecule has 0 fully saturated rings. The first-order valence-electron chi connectivity index (χ1n) is 10.9. The molecule has 0 bridgehead atoms. The summed E-state index contributed by atoms with van der Waals surface area (Å²) in [6.45, 7) is 3.50. The number of hydrogen-bond donors (Lipinski definition) is 0. The quantitative estimate of drug-likeness (QED) is 0.322. The molecule has 0 saturated heterocycles. The van der Waals surface area contributed by atoms with Crippen molar-refractivity contribution in [2.75, 3.05) is 14.2 Å². The van der Waals surface area contributed by atoms with Crippen LogP contribution in [0.3, 0.4) is 0 Å². The van der Waals surface area contributed by atoms with Gasteiger partial charge in [0.1, 0.15) is 29.0 Å². The van der Waals surface area contributed by atoms with Gasteiger partial charge in [-0.05, 0) is 38.1 Å². The van der Waals surface area contributed by atoms with Crippen molar-refractivity contribution < 1.29 is 17.9 Å². The lowest BCUT2D eigenvalue weighted by Gasteiger charge is -2.18. The van der Waals surface area contributed by atoms with E-state index >= 15 is 0 Å². The van der Waals surface area contributed by atoms with Gasteiger partial charge in [-0.2, -0.15) is 5.26 Å². The maximum absolute atomic E-state index is 13.4. The Bertz CT molecular complexity index is 1500. The summed E-state index contributed by atoms with van der Waals surface area (Å²) in [7, 11) is -0.634. The van der Waals surface area contributed by atoms with Gasteiger partial charge in [-0.3, -0.25) is 9.55 Å². The van der Waals surface area contributed by atoms with E-state index < -0.39 is 15.1 Å². The van der Waals surface area contributed by atoms with Gasteiger partial charge in [0.25, 0.3) is 0 Å². The van der Waals surface area contributed by atoms with Gasteiger partial charge < -0.3 is 9.47 Å². The van der Waals surface area contributed by atoms with E-state index in [-0.39, 0.29) is 18.0 Å². The zero-order valence-electron chi connectivity index (χ0n) is 20.2. The fourth-order valence-corrected chi connectivity index (χ4v) is 5.67. The van der Waals surface area contributed by atoms with Crippen LogP contribution in [0.4, 0.5) is 0 Å². The smallest absolute Gasteiger partial charge is 0.197 e. The molecular formula is C24H24N6O4S2. The second kappa shape index (κ2) is 10.4. The summed E-state index contributed by atoms with van der Waals surface area (Å²) < 4.78 is 39.7. The number of rotatable bonds is 9. The Balaban J connectivity index is 1.77. The average molecular weight is 525 g/mol. The van der Waals surface area contributed by atoms with Crippen molar-refractivity contribution in [3.05, 3.63) is 64.7 Å². The highest BCUT2D eigenvalue weighted by Crippen LogP contribution is 2.37. The Kier molecular flexibility index (Phi) is 7.32. The van der Waals surface area contributed by atoms with E-state index in [0.717, 1.165) is 5.69 Å². The summed E-state index contributed by atoms with van der Waals surface area (Å²) in [6.07, 6.45) is 1.63. The lowest BCUT2D eigenvalue weighted by molar-refractivity contribution is 0.391. The minimum absolute atomic E-state index is 0.193.